The summed E-state index contributed by atoms with van der Waals surface area (Å²) in [4.78, 5) is 2.53. The third-order valence-corrected chi connectivity index (χ3v) is 4.57. The molecule has 0 aromatic heterocycles. The molecule has 0 heterocycles. The summed E-state index contributed by atoms with van der Waals surface area (Å²) >= 11 is 0. The molecule has 1 aliphatic rings. The van der Waals surface area contributed by atoms with E-state index in [4.69, 9.17) is 5.73 Å². The number of hydrogen-bond acceptors (Lipinski definition) is 2. The molecule has 1 aromatic rings. The first kappa shape index (κ1) is 14.5. The molecule has 0 bridgehead atoms. The van der Waals surface area contributed by atoms with Gasteiger partial charge in [-0.1, -0.05) is 56.5 Å². The first-order valence-electron chi connectivity index (χ1n) is 7.69. The summed E-state index contributed by atoms with van der Waals surface area (Å²) in [5.41, 5.74) is 7.65. The Balaban J connectivity index is 1.87. The van der Waals surface area contributed by atoms with Crippen LogP contribution in [-0.4, -0.2) is 24.5 Å². The Morgan fingerprint density at radius 3 is 2.42 bits per heavy atom. The van der Waals surface area contributed by atoms with Crippen molar-refractivity contribution in [2.75, 3.05) is 13.6 Å². The molecule has 0 aliphatic heterocycles. The molecule has 19 heavy (non-hydrogen) atoms. The van der Waals surface area contributed by atoms with Gasteiger partial charge in [-0.2, -0.15) is 0 Å². The van der Waals surface area contributed by atoms with Crippen molar-refractivity contribution >= 4 is 0 Å². The van der Waals surface area contributed by atoms with Crippen LogP contribution in [0.1, 0.15) is 50.6 Å². The van der Waals surface area contributed by atoms with Crippen molar-refractivity contribution in [3.8, 4) is 0 Å². The molecule has 106 valence electrons. The first-order valence-corrected chi connectivity index (χ1v) is 7.69. The topological polar surface area (TPSA) is 29.3 Å². The molecule has 2 N–H and O–H groups in total. The Bertz CT molecular complexity index is 357. The average Bonchev–Trinajstić information content (AvgIpc) is 2.48. The van der Waals surface area contributed by atoms with Crippen LogP contribution in [0.2, 0.25) is 0 Å². The molecule has 0 spiro atoms. The minimum absolute atomic E-state index is 0.146. The average molecular weight is 260 g/mol. The van der Waals surface area contributed by atoms with Crippen LogP contribution in [0.4, 0.5) is 0 Å². The van der Waals surface area contributed by atoms with Gasteiger partial charge in [0.05, 0.1) is 0 Å². The van der Waals surface area contributed by atoms with Gasteiger partial charge in [-0.3, -0.25) is 0 Å². The zero-order chi connectivity index (χ0) is 13.7. The Hall–Kier alpha value is -0.860. The van der Waals surface area contributed by atoms with Gasteiger partial charge in [0.15, 0.2) is 0 Å². The normalized spacial score (nSPS) is 20.4. The van der Waals surface area contributed by atoms with Crippen molar-refractivity contribution in [1.82, 2.24) is 4.90 Å². The molecule has 1 saturated carbocycles. The maximum Gasteiger partial charge on any atom is 0.0333 e. The highest BCUT2D eigenvalue weighted by atomic mass is 15.1. The molecule has 2 unspecified atom stereocenters. The SMILES string of the molecule is CC(CN(C)C1CCCCC1)C(N)c1ccccc1. The zero-order valence-electron chi connectivity index (χ0n) is 12.4. The monoisotopic (exact) mass is 260 g/mol. The van der Waals surface area contributed by atoms with Gasteiger partial charge in [-0.15, -0.1) is 0 Å². The summed E-state index contributed by atoms with van der Waals surface area (Å²) in [6, 6.07) is 11.4. The van der Waals surface area contributed by atoms with E-state index in [1.807, 2.05) is 0 Å². The van der Waals surface area contributed by atoms with Crippen molar-refractivity contribution in [3.63, 3.8) is 0 Å². The van der Waals surface area contributed by atoms with Crippen LogP contribution in [0.25, 0.3) is 0 Å². The lowest BCUT2D eigenvalue weighted by Crippen LogP contribution is -2.38. The molecule has 1 fully saturated rings. The van der Waals surface area contributed by atoms with Crippen molar-refractivity contribution in [2.45, 2.75) is 51.1 Å². The molecule has 1 aromatic carbocycles. The van der Waals surface area contributed by atoms with Gasteiger partial charge in [0.1, 0.15) is 0 Å². The lowest BCUT2D eigenvalue weighted by Gasteiger charge is -2.34. The molecule has 2 atom stereocenters. The zero-order valence-corrected chi connectivity index (χ0v) is 12.4. The van der Waals surface area contributed by atoms with Crippen LogP contribution >= 0.6 is 0 Å². The summed E-state index contributed by atoms with van der Waals surface area (Å²) in [5.74, 6) is 0.495. The molecule has 0 radical (unpaired) electrons. The molecule has 2 nitrogen and oxygen atoms in total. The molecule has 0 saturated heterocycles. The fraction of sp³-hybridized carbons (Fsp3) is 0.647. The molecular formula is C17H28N2. The molecular weight excluding hydrogens is 232 g/mol. The van der Waals surface area contributed by atoms with Crippen LogP contribution in [0.5, 0.6) is 0 Å². The van der Waals surface area contributed by atoms with Crippen molar-refractivity contribution in [3.05, 3.63) is 35.9 Å². The second-order valence-corrected chi connectivity index (χ2v) is 6.15. The molecule has 1 aliphatic carbocycles. The summed E-state index contributed by atoms with van der Waals surface area (Å²) < 4.78 is 0. The predicted molar refractivity (Wildman–Crippen MR) is 82.0 cm³/mol. The first-order chi connectivity index (χ1) is 9.18. The van der Waals surface area contributed by atoms with Gasteiger partial charge in [0.25, 0.3) is 0 Å². The minimum atomic E-state index is 0.146. The van der Waals surface area contributed by atoms with E-state index in [0.717, 1.165) is 12.6 Å². The van der Waals surface area contributed by atoms with Crippen LogP contribution in [0.3, 0.4) is 0 Å². The number of benzene rings is 1. The predicted octanol–water partition coefficient (Wildman–Crippen LogP) is 3.59. The fourth-order valence-electron chi connectivity index (χ4n) is 3.24. The van der Waals surface area contributed by atoms with Crippen LogP contribution in [-0.2, 0) is 0 Å². The highest BCUT2D eigenvalue weighted by Gasteiger charge is 2.22. The van der Waals surface area contributed by atoms with E-state index < -0.39 is 0 Å². The van der Waals surface area contributed by atoms with E-state index in [1.54, 1.807) is 0 Å². The van der Waals surface area contributed by atoms with Crippen molar-refractivity contribution in [2.24, 2.45) is 11.7 Å². The van der Waals surface area contributed by atoms with Gasteiger partial charge in [-0.05, 0) is 31.4 Å². The summed E-state index contributed by atoms with van der Waals surface area (Å²) in [6.07, 6.45) is 6.94. The van der Waals surface area contributed by atoms with Gasteiger partial charge < -0.3 is 10.6 Å². The second kappa shape index (κ2) is 7.06. The van der Waals surface area contributed by atoms with E-state index in [1.165, 1.54) is 37.7 Å². The highest BCUT2D eigenvalue weighted by Crippen LogP contribution is 2.25. The molecule has 2 rings (SSSR count). The van der Waals surface area contributed by atoms with Crippen LogP contribution < -0.4 is 5.73 Å². The highest BCUT2D eigenvalue weighted by molar-refractivity contribution is 5.19. The number of hydrogen-bond donors (Lipinski definition) is 1. The fourth-order valence-corrected chi connectivity index (χ4v) is 3.24. The van der Waals surface area contributed by atoms with E-state index in [2.05, 4.69) is 49.2 Å². The van der Waals surface area contributed by atoms with Gasteiger partial charge in [-0.25, -0.2) is 0 Å². The van der Waals surface area contributed by atoms with Gasteiger partial charge >= 0.3 is 0 Å². The van der Waals surface area contributed by atoms with Gasteiger partial charge in [0, 0.05) is 18.6 Å². The third kappa shape index (κ3) is 4.05. The summed E-state index contributed by atoms with van der Waals surface area (Å²) in [6.45, 7) is 3.37. The van der Waals surface area contributed by atoms with E-state index >= 15 is 0 Å². The number of nitrogens with zero attached hydrogens (tertiary/aromatic N) is 1. The molecule has 0 amide bonds. The third-order valence-electron chi connectivity index (χ3n) is 4.57. The number of rotatable bonds is 5. The van der Waals surface area contributed by atoms with E-state index in [9.17, 15) is 0 Å². The summed E-state index contributed by atoms with van der Waals surface area (Å²) in [7, 11) is 2.27. The Morgan fingerprint density at radius 2 is 1.79 bits per heavy atom. The Labute approximate surface area is 118 Å². The van der Waals surface area contributed by atoms with Crippen LogP contribution in [0.15, 0.2) is 30.3 Å². The standard InChI is InChI=1S/C17H28N2/c1-14(17(18)15-9-5-3-6-10-15)13-19(2)16-11-7-4-8-12-16/h3,5-6,9-10,14,16-17H,4,7-8,11-13,18H2,1-2H3. The lowest BCUT2D eigenvalue weighted by molar-refractivity contribution is 0.162. The van der Waals surface area contributed by atoms with Gasteiger partial charge in [0.2, 0.25) is 0 Å². The quantitative estimate of drug-likeness (QED) is 0.876. The number of nitrogens with two attached hydrogens (primary N) is 1. The maximum atomic E-state index is 6.39. The second-order valence-electron chi connectivity index (χ2n) is 6.15. The van der Waals surface area contributed by atoms with Crippen molar-refractivity contribution < 1.29 is 0 Å². The van der Waals surface area contributed by atoms with Crippen LogP contribution in [0, 0.1) is 5.92 Å². The smallest absolute Gasteiger partial charge is 0.0333 e. The lowest BCUT2D eigenvalue weighted by atomic mass is 9.91. The Kier molecular flexibility index (Phi) is 5.41. The maximum absolute atomic E-state index is 6.39. The largest absolute Gasteiger partial charge is 0.324 e. The minimum Gasteiger partial charge on any atom is -0.324 e. The Morgan fingerprint density at radius 1 is 1.16 bits per heavy atom. The van der Waals surface area contributed by atoms with E-state index in [-0.39, 0.29) is 6.04 Å². The summed E-state index contributed by atoms with van der Waals surface area (Å²) in [5, 5.41) is 0. The van der Waals surface area contributed by atoms with Crippen molar-refractivity contribution in [1.29, 1.82) is 0 Å². The molecule has 2 heteroatoms. The van der Waals surface area contributed by atoms with E-state index in [0.29, 0.717) is 5.92 Å².